The van der Waals surface area contributed by atoms with Gasteiger partial charge in [0.05, 0.1) is 18.9 Å². The van der Waals surface area contributed by atoms with Crippen LogP contribution in [-0.2, 0) is 11.3 Å². The molecule has 0 saturated carbocycles. The quantitative estimate of drug-likeness (QED) is 0.415. The number of nitrogens with zero attached hydrogens (tertiary/aromatic N) is 3. The van der Waals surface area contributed by atoms with E-state index in [2.05, 4.69) is 20.8 Å². The van der Waals surface area contributed by atoms with Gasteiger partial charge in [0.25, 0.3) is 5.91 Å². The van der Waals surface area contributed by atoms with Crippen LogP contribution in [0.1, 0.15) is 48.6 Å². The number of anilines is 1. The monoisotopic (exact) mass is 481 g/mol. The minimum absolute atomic E-state index is 0.0967. The summed E-state index contributed by atoms with van der Waals surface area (Å²) in [6.45, 7) is 8.64. The summed E-state index contributed by atoms with van der Waals surface area (Å²) in [7, 11) is 1.60. The first kappa shape index (κ1) is 25.3. The van der Waals surface area contributed by atoms with Gasteiger partial charge in [-0.15, -0.1) is 10.2 Å². The number of amides is 2. The van der Waals surface area contributed by atoms with Crippen molar-refractivity contribution in [1.29, 1.82) is 0 Å². The predicted octanol–water partition coefficient (Wildman–Crippen LogP) is 4.47. The molecule has 1 atom stereocenters. The molecule has 0 aliphatic heterocycles. The van der Waals surface area contributed by atoms with Crippen LogP contribution in [0.3, 0.4) is 0 Å². The molecular formula is C25H31N5O3S. The van der Waals surface area contributed by atoms with Crippen LogP contribution >= 0.6 is 11.8 Å². The molecule has 0 radical (unpaired) electrons. The number of hydrogen-bond donors (Lipinski definition) is 2. The zero-order valence-corrected chi connectivity index (χ0v) is 21.0. The number of carbonyl (C=O) groups excluding carboxylic acids is 2. The van der Waals surface area contributed by atoms with E-state index in [4.69, 9.17) is 4.74 Å². The van der Waals surface area contributed by atoms with Crippen LogP contribution in [0.25, 0.3) is 0 Å². The standard InChI is InChI=1S/C25H31N5O3S/c1-6-30-23(22(16(2)3)27-24(32)18-9-7-8-17(4)14-18)28-29-25(30)34-15-21(31)26-19-10-12-20(33-5)13-11-19/h7-14,16,22H,6,15H2,1-5H3,(H,26,31)(H,27,32)/t22-/m0/s1. The Morgan fingerprint density at radius 1 is 1.12 bits per heavy atom. The lowest BCUT2D eigenvalue weighted by atomic mass is 10.0. The van der Waals surface area contributed by atoms with Crippen molar-refractivity contribution >= 4 is 29.3 Å². The molecule has 2 N–H and O–H groups in total. The Bertz CT molecular complexity index is 1130. The first-order chi connectivity index (χ1) is 16.3. The molecule has 9 heteroatoms. The summed E-state index contributed by atoms with van der Waals surface area (Å²) in [4.78, 5) is 25.3. The molecular weight excluding hydrogens is 450 g/mol. The molecule has 3 rings (SSSR count). The molecule has 1 heterocycles. The van der Waals surface area contributed by atoms with Gasteiger partial charge < -0.3 is 19.9 Å². The van der Waals surface area contributed by atoms with E-state index in [1.807, 2.05) is 50.5 Å². The van der Waals surface area contributed by atoms with E-state index >= 15 is 0 Å². The highest BCUT2D eigenvalue weighted by molar-refractivity contribution is 7.99. The number of methoxy groups -OCH3 is 1. The van der Waals surface area contributed by atoms with Gasteiger partial charge in [0, 0.05) is 17.8 Å². The molecule has 1 aromatic heterocycles. The SMILES string of the molecule is CCn1c(SCC(=O)Nc2ccc(OC)cc2)nnc1[C@@H](NC(=O)c1cccc(C)c1)C(C)C. The maximum atomic E-state index is 12.9. The number of hydrogen-bond acceptors (Lipinski definition) is 6. The van der Waals surface area contributed by atoms with Crippen molar-refractivity contribution < 1.29 is 14.3 Å². The number of thioether (sulfide) groups is 1. The normalized spacial score (nSPS) is 11.8. The number of carbonyl (C=O) groups is 2. The molecule has 180 valence electrons. The van der Waals surface area contributed by atoms with Crippen molar-refractivity contribution in [2.24, 2.45) is 5.92 Å². The fraction of sp³-hybridized carbons (Fsp3) is 0.360. The summed E-state index contributed by atoms with van der Waals surface area (Å²) in [6.07, 6.45) is 0. The maximum Gasteiger partial charge on any atom is 0.251 e. The second kappa shape index (κ2) is 11.7. The molecule has 0 unspecified atom stereocenters. The van der Waals surface area contributed by atoms with Gasteiger partial charge in [-0.3, -0.25) is 9.59 Å². The van der Waals surface area contributed by atoms with Crippen LogP contribution in [0.4, 0.5) is 5.69 Å². The number of rotatable bonds is 10. The average Bonchev–Trinajstić information content (AvgIpc) is 3.23. The Kier molecular flexibility index (Phi) is 8.70. The average molecular weight is 482 g/mol. The molecule has 34 heavy (non-hydrogen) atoms. The van der Waals surface area contributed by atoms with Crippen LogP contribution in [0.15, 0.2) is 53.7 Å². The smallest absolute Gasteiger partial charge is 0.251 e. The highest BCUT2D eigenvalue weighted by Gasteiger charge is 2.26. The van der Waals surface area contributed by atoms with E-state index in [0.717, 1.165) is 11.3 Å². The van der Waals surface area contributed by atoms with E-state index in [9.17, 15) is 9.59 Å². The number of aryl methyl sites for hydroxylation is 1. The molecule has 0 fully saturated rings. The number of aromatic nitrogens is 3. The molecule has 0 saturated heterocycles. The van der Waals surface area contributed by atoms with Gasteiger partial charge in [-0.2, -0.15) is 0 Å². The predicted molar refractivity (Wildman–Crippen MR) is 134 cm³/mol. The molecule has 3 aromatic rings. The highest BCUT2D eigenvalue weighted by atomic mass is 32.2. The molecule has 0 spiro atoms. The molecule has 0 aliphatic carbocycles. The van der Waals surface area contributed by atoms with Gasteiger partial charge in [0.15, 0.2) is 11.0 Å². The molecule has 2 aromatic carbocycles. The van der Waals surface area contributed by atoms with Gasteiger partial charge in [-0.05, 0) is 56.2 Å². The number of nitrogens with one attached hydrogen (secondary N) is 2. The van der Waals surface area contributed by atoms with E-state index in [0.29, 0.717) is 28.8 Å². The molecule has 8 nitrogen and oxygen atoms in total. The fourth-order valence-corrected chi connectivity index (χ4v) is 4.29. The summed E-state index contributed by atoms with van der Waals surface area (Å²) in [5, 5.41) is 15.3. The zero-order valence-electron chi connectivity index (χ0n) is 20.2. The Morgan fingerprint density at radius 2 is 1.85 bits per heavy atom. The van der Waals surface area contributed by atoms with Gasteiger partial charge >= 0.3 is 0 Å². The lowest BCUT2D eigenvalue weighted by Gasteiger charge is -2.22. The summed E-state index contributed by atoms with van der Waals surface area (Å²) in [5.41, 5.74) is 2.33. The second-order valence-corrected chi connectivity index (χ2v) is 9.16. The van der Waals surface area contributed by atoms with Crippen molar-refractivity contribution in [3.63, 3.8) is 0 Å². The van der Waals surface area contributed by atoms with E-state index in [-0.39, 0.29) is 29.5 Å². The largest absolute Gasteiger partial charge is 0.497 e. The third-order valence-electron chi connectivity index (χ3n) is 5.28. The van der Waals surface area contributed by atoms with Crippen LogP contribution in [0.5, 0.6) is 5.75 Å². The first-order valence-electron chi connectivity index (χ1n) is 11.2. The fourth-order valence-electron chi connectivity index (χ4n) is 3.48. The zero-order chi connectivity index (χ0) is 24.7. The van der Waals surface area contributed by atoms with Crippen molar-refractivity contribution in [3.05, 3.63) is 65.5 Å². The van der Waals surface area contributed by atoms with Crippen LogP contribution in [0.2, 0.25) is 0 Å². The van der Waals surface area contributed by atoms with Gasteiger partial charge in [-0.25, -0.2) is 0 Å². The lowest BCUT2D eigenvalue weighted by Crippen LogP contribution is -2.33. The molecule has 0 bridgehead atoms. The van der Waals surface area contributed by atoms with E-state index < -0.39 is 0 Å². The third kappa shape index (κ3) is 6.38. The van der Waals surface area contributed by atoms with Gasteiger partial charge in [-0.1, -0.05) is 43.3 Å². The van der Waals surface area contributed by atoms with Crippen molar-refractivity contribution in [2.45, 2.75) is 45.4 Å². The highest BCUT2D eigenvalue weighted by Crippen LogP contribution is 2.26. The van der Waals surface area contributed by atoms with Crippen LogP contribution < -0.4 is 15.4 Å². The van der Waals surface area contributed by atoms with E-state index in [1.165, 1.54) is 11.8 Å². The van der Waals surface area contributed by atoms with Crippen molar-refractivity contribution in [1.82, 2.24) is 20.1 Å². The summed E-state index contributed by atoms with van der Waals surface area (Å²) >= 11 is 1.31. The molecule has 2 amide bonds. The second-order valence-electron chi connectivity index (χ2n) is 8.22. The van der Waals surface area contributed by atoms with Gasteiger partial charge in [0.1, 0.15) is 5.75 Å². The Labute approximate surface area is 204 Å². The van der Waals surface area contributed by atoms with Crippen molar-refractivity contribution in [3.8, 4) is 5.75 Å². The summed E-state index contributed by atoms with van der Waals surface area (Å²) < 4.78 is 7.09. The topological polar surface area (TPSA) is 98.1 Å². The number of ether oxygens (including phenoxy) is 1. The van der Waals surface area contributed by atoms with Gasteiger partial charge in [0.2, 0.25) is 5.91 Å². The van der Waals surface area contributed by atoms with Crippen molar-refractivity contribution in [2.75, 3.05) is 18.2 Å². The lowest BCUT2D eigenvalue weighted by molar-refractivity contribution is -0.113. The Hall–Kier alpha value is -3.33. The summed E-state index contributed by atoms with van der Waals surface area (Å²) in [5.74, 6) is 1.39. The minimum atomic E-state index is -0.317. The summed E-state index contributed by atoms with van der Waals surface area (Å²) in [6, 6.07) is 14.3. The Morgan fingerprint density at radius 3 is 2.47 bits per heavy atom. The minimum Gasteiger partial charge on any atom is -0.497 e. The maximum absolute atomic E-state index is 12.9. The first-order valence-corrected chi connectivity index (χ1v) is 12.2. The third-order valence-corrected chi connectivity index (χ3v) is 6.25. The Balaban J connectivity index is 1.69. The van der Waals surface area contributed by atoms with Crippen LogP contribution in [0, 0.1) is 12.8 Å². The molecule has 0 aliphatic rings. The number of benzene rings is 2. The van der Waals surface area contributed by atoms with E-state index in [1.54, 1.807) is 37.4 Å². The van der Waals surface area contributed by atoms with Crippen LogP contribution in [-0.4, -0.2) is 39.4 Å².